The van der Waals surface area contributed by atoms with Crippen molar-refractivity contribution in [3.8, 4) is 16.3 Å². The molecule has 0 bridgehead atoms. The fraction of sp³-hybridized carbons (Fsp3) is 0.176. The lowest BCUT2D eigenvalue weighted by molar-refractivity contribution is 0.408. The minimum atomic E-state index is 0.904. The van der Waals surface area contributed by atoms with E-state index in [0.29, 0.717) is 0 Å². The minimum Gasteiger partial charge on any atom is -0.496 e. The van der Waals surface area contributed by atoms with E-state index in [0.717, 1.165) is 43.4 Å². The second-order valence-corrected chi connectivity index (χ2v) is 6.31. The molecule has 0 aliphatic heterocycles. The Kier molecular flexibility index (Phi) is 2.90. The average molecular weight is 309 g/mol. The zero-order valence-corrected chi connectivity index (χ0v) is 13.4. The van der Waals surface area contributed by atoms with E-state index in [9.17, 15) is 0 Å². The van der Waals surface area contributed by atoms with Gasteiger partial charge in [-0.2, -0.15) is 0 Å². The van der Waals surface area contributed by atoms with Crippen LogP contribution in [0.15, 0.2) is 36.7 Å². The SMILES string of the molecule is COc1c(C)cnc(-c2cn3c(nc4ccccc43)s2)c1C. The fourth-order valence-electron chi connectivity index (χ4n) is 2.85. The Morgan fingerprint density at radius 3 is 2.82 bits per heavy atom. The summed E-state index contributed by atoms with van der Waals surface area (Å²) in [6.45, 7) is 4.06. The molecule has 4 rings (SSSR count). The summed E-state index contributed by atoms with van der Waals surface area (Å²) >= 11 is 1.65. The van der Waals surface area contributed by atoms with Gasteiger partial charge in [0.2, 0.25) is 0 Å². The molecule has 4 aromatic rings. The van der Waals surface area contributed by atoms with Crippen LogP contribution in [0.25, 0.3) is 26.6 Å². The normalized spacial score (nSPS) is 11.4. The number of rotatable bonds is 2. The number of hydrogen-bond donors (Lipinski definition) is 0. The number of imidazole rings is 1. The molecule has 0 N–H and O–H groups in total. The molecule has 0 aliphatic carbocycles. The lowest BCUT2D eigenvalue weighted by atomic mass is 10.1. The number of methoxy groups -OCH3 is 1. The molecule has 0 radical (unpaired) electrons. The van der Waals surface area contributed by atoms with E-state index in [2.05, 4.69) is 33.6 Å². The van der Waals surface area contributed by atoms with Crippen molar-refractivity contribution in [2.75, 3.05) is 7.11 Å². The van der Waals surface area contributed by atoms with E-state index in [-0.39, 0.29) is 0 Å². The van der Waals surface area contributed by atoms with Crippen LogP contribution in [0.1, 0.15) is 11.1 Å². The third-order valence-corrected chi connectivity index (χ3v) is 4.88. The van der Waals surface area contributed by atoms with Gasteiger partial charge in [0.05, 0.1) is 28.7 Å². The molecule has 1 aromatic carbocycles. The number of ether oxygens (including phenoxy) is 1. The summed E-state index contributed by atoms with van der Waals surface area (Å²) < 4.78 is 7.63. The molecule has 4 nitrogen and oxygen atoms in total. The molecule has 0 spiro atoms. The van der Waals surface area contributed by atoms with Crippen LogP contribution in [0.5, 0.6) is 5.75 Å². The monoisotopic (exact) mass is 309 g/mol. The molecule has 0 atom stereocenters. The Labute approximate surface area is 132 Å². The van der Waals surface area contributed by atoms with E-state index < -0.39 is 0 Å². The van der Waals surface area contributed by atoms with Crippen LogP contribution in [0.2, 0.25) is 0 Å². The smallest absolute Gasteiger partial charge is 0.195 e. The largest absolute Gasteiger partial charge is 0.496 e. The van der Waals surface area contributed by atoms with Gasteiger partial charge in [0.1, 0.15) is 5.75 Å². The number of aryl methyl sites for hydroxylation is 1. The maximum absolute atomic E-state index is 5.51. The van der Waals surface area contributed by atoms with Gasteiger partial charge in [-0.1, -0.05) is 23.5 Å². The van der Waals surface area contributed by atoms with Gasteiger partial charge in [-0.25, -0.2) is 4.98 Å². The third kappa shape index (κ3) is 1.82. The van der Waals surface area contributed by atoms with Crippen LogP contribution in [0.3, 0.4) is 0 Å². The Morgan fingerprint density at radius 1 is 1.18 bits per heavy atom. The highest BCUT2D eigenvalue weighted by Gasteiger charge is 2.15. The summed E-state index contributed by atoms with van der Waals surface area (Å²) in [6.07, 6.45) is 3.97. The van der Waals surface area contributed by atoms with Gasteiger partial charge in [0.25, 0.3) is 0 Å². The van der Waals surface area contributed by atoms with Gasteiger partial charge in [-0.3, -0.25) is 9.38 Å². The van der Waals surface area contributed by atoms with E-state index in [1.165, 1.54) is 0 Å². The predicted octanol–water partition coefficient (Wildman–Crippen LogP) is 4.24. The summed E-state index contributed by atoms with van der Waals surface area (Å²) in [6, 6.07) is 8.16. The van der Waals surface area contributed by atoms with Crippen molar-refractivity contribution < 1.29 is 4.74 Å². The molecule has 22 heavy (non-hydrogen) atoms. The highest BCUT2D eigenvalue weighted by molar-refractivity contribution is 7.20. The van der Waals surface area contributed by atoms with Crippen molar-refractivity contribution in [2.45, 2.75) is 13.8 Å². The third-order valence-electron chi connectivity index (χ3n) is 3.89. The van der Waals surface area contributed by atoms with Crippen LogP contribution >= 0.6 is 11.3 Å². The maximum Gasteiger partial charge on any atom is 0.195 e. The number of benzene rings is 1. The summed E-state index contributed by atoms with van der Waals surface area (Å²) in [5, 5.41) is 0. The summed E-state index contributed by atoms with van der Waals surface area (Å²) in [5.74, 6) is 0.904. The zero-order chi connectivity index (χ0) is 15.3. The zero-order valence-electron chi connectivity index (χ0n) is 12.6. The van der Waals surface area contributed by atoms with Gasteiger partial charge in [0.15, 0.2) is 4.96 Å². The Hall–Kier alpha value is -2.40. The van der Waals surface area contributed by atoms with Crippen LogP contribution < -0.4 is 4.74 Å². The molecule has 3 heterocycles. The Bertz CT molecular complexity index is 1000. The number of aromatic nitrogens is 3. The number of nitrogens with zero attached hydrogens (tertiary/aromatic N) is 3. The van der Waals surface area contributed by atoms with Crippen LogP contribution in [-0.4, -0.2) is 21.5 Å². The molecule has 5 heteroatoms. The Morgan fingerprint density at radius 2 is 2.00 bits per heavy atom. The molecule has 0 aliphatic rings. The van der Waals surface area contributed by atoms with Gasteiger partial charge in [-0.05, 0) is 26.0 Å². The van der Waals surface area contributed by atoms with Crippen molar-refractivity contribution in [1.82, 2.24) is 14.4 Å². The average Bonchev–Trinajstić information content (AvgIpc) is 3.05. The second-order valence-electron chi connectivity index (χ2n) is 5.30. The van der Waals surface area contributed by atoms with Gasteiger partial charge in [0, 0.05) is 23.5 Å². The van der Waals surface area contributed by atoms with Gasteiger partial charge < -0.3 is 4.74 Å². The minimum absolute atomic E-state index is 0.904. The maximum atomic E-state index is 5.51. The van der Waals surface area contributed by atoms with Crippen molar-refractivity contribution >= 4 is 27.3 Å². The first kappa shape index (κ1) is 13.3. The first-order valence-electron chi connectivity index (χ1n) is 7.06. The van der Waals surface area contributed by atoms with Crippen LogP contribution in [0.4, 0.5) is 0 Å². The van der Waals surface area contributed by atoms with E-state index in [1.807, 2.05) is 31.3 Å². The van der Waals surface area contributed by atoms with E-state index >= 15 is 0 Å². The molecule has 0 amide bonds. The lowest BCUT2D eigenvalue weighted by Crippen LogP contribution is -1.95. The van der Waals surface area contributed by atoms with Crippen molar-refractivity contribution in [3.63, 3.8) is 0 Å². The molecule has 0 saturated heterocycles. The molecular formula is C17H15N3OS. The second kappa shape index (κ2) is 4.81. The number of hydrogen-bond acceptors (Lipinski definition) is 4. The van der Waals surface area contributed by atoms with Gasteiger partial charge >= 0.3 is 0 Å². The topological polar surface area (TPSA) is 39.4 Å². The first-order chi connectivity index (χ1) is 10.7. The van der Waals surface area contributed by atoms with E-state index in [1.54, 1.807) is 18.4 Å². The molecule has 0 unspecified atom stereocenters. The molecule has 110 valence electrons. The predicted molar refractivity (Wildman–Crippen MR) is 89.8 cm³/mol. The lowest BCUT2D eigenvalue weighted by Gasteiger charge is -2.10. The number of fused-ring (bicyclic) bond motifs is 3. The van der Waals surface area contributed by atoms with Crippen LogP contribution in [0, 0.1) is 13.8 Å². The molecule has 3 aromatic heterocycles. The molecule has 0 saturated carbocycles. The summed E-state index contributed by atoms with van der Waals surface area (Å²) in [4.78, 5) is 11.4. The quantitative estimate of drug-likeness (QED) is 0.556. The van der Waals surface area contributed by atoms with Crippen molar-refractivity contribution in [2.24, 2.45) is 0 Å². The highest BCUT2D eigenvalue weighted by Crippen LogP contribution is 2.35. The fourth-order valence-corrected chi connectivity index (χ4v) is 3.90. The summed E-state index contributed by atoms with van der Waals surface area (Å²) in [5.41, 5.74) is 5.22. The molecule has 0 fully saturated rings. The highest BCUT2D eigenvalue weighted by atomic mass is 32.1. The van der Waals surface area contributed by atoms with Crippen LogP contribution in [-0.2, 0) is 0 Å². The number of para-hydroxylation sites is 2. The number of thiazole rings is 1. The van der Waals surface area contributed by atoms with Crippen molar-refractivity contribution in [3.05, 3.63) is 47.8 Å². The standard InChI is InChI=1S/C17H15N3OS/c1-10-8-18-15(11(2)16(10)21-3)14-9-20-13-7-5-4-6-12(13)19-17(20)22-14/h4-9H,1-3H3. The van der Waals surface area contributed by atoms with Gasteiger partial charge in [-0.15, -0.1) is 0 Å². The first-order valence-corrected chi connectivity index (χ1v) is 7.88. The van der Waals surface area contributed by atoms with Crippen molar-refractivity contribution in [1.29, 1.82) is 0 Å². The number of pyridine rings is 1. The summed E-state index contributed by atoms with van der Waals surface area (Å²) in [7, 11) is 1.70. The van der Waals surface area contributed by atoms with E-state index in [4.69, 9.17) is 4.74 Å². The Balaban J connectivity index is 1.95. The molecular weight excluding hydrogens is 294 g/mol.